The summed E-state index contributed by atoms with van der Waals surface area (Å²) in [5, 5.41) is 2.81. The molecule has 0 saturated heterocycles. The number of nitrogens with one attached hydrogen (secondary N) is 1. The Kier molecular flexibility index (Phi) is 3.16. The second-order valence-electron chi connectivity index (χ2n) is 4.51. The predicted molar refractivity (Wildman–Crippen MR) is 75.6 cm³/mol. The van der Waals surface area contributed by atoms with Gasteiger partial charge in [-0.3, -0.25) is 14.6 Å². The van der Waals surface area contributed by atoms with Gasteiger partial charge in [-0.1, -0.05) is 12.1 Å². The molecular formula is C15H13N3O2. The van der Waals surface area contributed by atoms with Crippen LogP contribution in [0.1, 0.15) is 16.8 Å². The van der Waals surface area contributed by atoms with E-state index in [0.717, 1.165) is 0 Å². The molecule has 1 aliphatic rings. The average molecular weight is 267 g/mol. The minimum Gasteiger partial charge on any atom is -0.324 e. The number of benzene rings is 1. The van der Waals surface area contributed by atoms with Crippen LogP contribution in [0.3, 0.4) is 0 Å². The molecule has 0 saturated carbocycles. The van der Waals surface area contributed by atoms with Crippen molar-refractivity contribution in [1.82, 2.24) is 4.98 Å². The average Bonchev–Trinajstić information content (AvgIpc) is 2.66. The molecule has 5 heteroatoms. The molecule has 0 bridgehead atoms. The van der Waals surface area contributed by atoms with E-state index in [4.69, 9.17) is 0 Å². The van der Waals surface area contributed by atoms with E-state index in [-0.39, 0.29) is 18.2 Å². The van der Waals surface area contributed by atoms with E-state index >= 15 is 0 Å². The highest BCUT2D eigenvalue weighted by atomic mass is 16.2. The van der Waals surface area contributed by atoms with Crippen molar-refractivity contribution in [2.24, 2.45) is 0 Å². The van der Waals surface area contributed by atoms with E-state index in [1.54, 1.807) is 29.3 Å². The molecule has 0 spiro atoms. The van der Waals surface area contributed by atoms with Gasteiger partial charge in [0.1, 0.15) is 0 Å². The standard InChI is InChI=1S/C15H13N3O2/c19-14-7-9-18(13-6-2-1-5-12(13)17-14)15(20)11-4-3-8-16-10-11/h1-6,8,10H,7,9H2,(H,17,19). The van der Waals surface area contributed by atoms with Gasteiger partial charge in [0.25, 0.3) is 5.91 Å². The summed E-state index contributed by atoms with van der Waals surface area (Å²) < 4.78 is 0. The molecule has 0 fully saturated rings. The highest BCUT2D eigenvalue weighted by molar-refractivity contribution is 6.10. The van der Waals surface area contributed by atoms with E-state index in [2.05, 4.69) is 10.3 Å². The van der Waals surface area contributed by atoms with Crippen molar-refractivity contribution in [3.05, 3.63) is 54.4 Å². The molecule has 20 heavy (non-hydrogen) atoms. The fourth-order valence-corrected chi connectivity index (χ4v) is 2.22. The normalized spacial score (nSPS) is 14.2. The van der Waals surface area contributed by atoms with Gasteiger partial charge in [0, 0.05) is 25.4 Å². The number of anilines is 2. The molecule has 0 atom stereocenters. The summed E-state index contributed by atoms with van der Waals surface area (Å²) in [6.45, 7) is 0.358. The quantitative estimate of drug-likeness (QED) is 0.860. The van der Waals surface area contributed by atoms with Crippen molar-refractivity contribution in [2.75, 3.05) is 16.8 Å². The number of hydrogen-bond donors (Lipinski definition) is 1. The third kappa shape index (κ3) is 2.25. The Bertz CT molecular complexity index is 655. The predicted octanol–water partition coefficient (Wildman–Crippen LogP) is 2.07. The lowest BCUT2D eigenvalue weighted by Crippen LogP contribution is -2.31. The molecular weight excluding hydrogens is 254 g/mol. The van der Waals surface area contributed by atoms with Crippen LogP contribution in [-0.2, 0) is 4.79 Å². The van der Waals surface area contributed by atoms with Gasteiger partial charge in [-0.05, 0) is 24.3 Å². The van der Waals surface area contributed by atoms with E-state index in [0.29, 0.717) is 23.5 Å². The summed E-state index contributed by atoms with van der Waals surface area (Å²) in [6.07, 6.45) is 3.43. The SMILES string of the molecule is O=C1CCN(C(=O)c2cccnc2)c2ccccc2N1. The number of rotatable bonds is 1. The zero-order chi connectivity index (χ0) is 13.9. The zero-order valence-corrected chi connectivity index (χ0v) is 10.7. The third-order valence-corrected chi connectivity index (χ3v) is 3.19. The van der Waals surface area contributed by atoms with Crippen LogP contribution >= 0.6 is 0 Å². The lowest BCUT2D eigenvalue weighted by molar-refractivity contribution is -0.115. The first-order chi connectivity index (χ1) is 9.75. The van der Waals surface area contributed by atoms with Gasteiger partial charge in [0.15, 0.2) is 0 Å². The summed E-state index contributed by atoms with van der Waals surface area (Å²) >= 11 is 0. The third-order valence-electron chi connectivity index (χ3n) is 3.19. The van der Waals surface area contributed by atoms with Crippen LogP contribution in [0.25, 0.3) is 0 Å². The van der Waals surface area contributed by atoms with E-state index < -0.39 is 0 Å². The molecule has 5 nitrogen and oxygen atoms in total. The molecule has 0 aliphatic carbocycles. The molecule has 1 aromatic heterocycles. The Morgan fingerprint density at radius 3 is 2.85 bits per heavy atom. The molecule has 0 unspecified atom stereocenters. The van der Waals surface area contributed by atoms with Gasteiger partial charge in [0.05, 0.1) is 16.9 Å². The Labute approximate surface area is 116 Å². The number of pyridine rings is 1. The van der Waals surface area contributed by atoms with Gasteiger partial charge >= 0.3 is 0 Å². The van der Waals surface area contributed by atoms with E-state index in [9.17, 15) is 9.59 Å². The summed E-state index contributed by atoms with van der Waals surface area (Å²) in [6, 6.07) is 10.7. The Morgan fingerprint density at radius 1 is 1.20 bits per heavy atom. The van der Waals surface area contributed by atoms with Crippen LogP contribution in [-0.4, -0.2) is 23.3 Å². The summed E-state index contributed by atoms with van der Waals surface area (Å²) in [5.41, 5.74) is 1.89. The molecule has 0 radical (unpaired) electrons. The van der Waals surface area contributed by atoms with Crippen molar-refractivity contribution in [1.29, 1.82) is 0 Å². The summed E-state index contributed by atoms with van der Waals surface area (Å²) in [5.74, 6) is -0.235. The van der Waals surface area contributed by atoms with Gasteiger partial charge in [0.2, 0.25) is 5.91 Å². The maximum atomic E-state index is 12.6. The van der Waals surface area contributed by atoms with Gasteiger partial charge < -0.3 is 10.2 Å². The number of para-hydroxylation sites is 2. The minimum atomic E-state index is -0.151. The Morgan fingerprint density at radius 2 is 2.05 bits per heavy atom. The number of hydrogen-bond acceptors (Lipinski definition) is 3. The summed E-state index contributed by atoms with van der Waals surface area (Å²) in [4.78, 5) is 29.8. The number of carbonyl (C=O) groups is 2. The van der Waals surface area contributed by atoms with Crippen LogP contribution < -0.4 is 10.2 Å². The van der Waals surface area contributed by atoms with Crippen molar-refractivity contribution < 1.29 is 9.59 Å². The molecule has 1 aliphatic heterocycles. The zero-order valence-electron chi connectivity index (χ0n) is 10.7. The smallest absolute Gasteiger partial charge is 0.259 e. The fourth-order valence-electron chi connectivity index (χ4n) is 2.22. The lowest BCUT2D eigenvalue weighted by atomic mass is 10.2. The molecule has 2 aromatic rings. The highest BCUT2D eigenvalue weighted by Crippen LogP contribution is 2.29. The van der Waals surface area contributed by atoms with Crippen LogP contribution in [0.2, 0.25) is 0 Å². The van der Waals surface area contributed by atoms with Crippen LogP contribution in [0, 0.1) is 0 Å². The monoisotopic (exact) mass is 267 g/mol. The number of carbonyl (C=O) groups excluding carboxylic acids is 2. The van der Waals surface area contributed by atoms with E-state index in [1.807, 2.05) is 18.2 Å². The number of amides is 2. The second-order valence-corrected chi connectivity index (χ2v) is 4.51. The first kappa shape index (κ1) is 12.3. The van der Waals surface area contributed by atoms with Crippen molar-refractivity contribution in [3.8, 4) is 0 Å². The topological polar surface area (TPSA) is 62.3 Å². The fraction of sp³-hybridized carbons (Fsp3) is 0.133. The maximum absolute atomic E-state index is 12.6. The molecule has 1 N–H and O–H groups in total. The first-order valence-electron chi connectivity index (χ1n) is 6.36. The lowest BCUT2D eigenvalue weighted by Gasteiger charge is -2.21. The molecule has 2 amide bonds. The van der Waals surface area contributed by atoms with Gasteiger partial charge in [-0.15, -0.1) is 0 Å². The molecule has 3 rings (SSSR count). The van der Waals surface area contributed by atoms with Crippen LogP contribution in [0.15, 0.2) is 48.8 Å². The Balaban J connectivity index is 2.01. The minimum absolute atomic E-state index is 0.0843. The molecule has 100 valence electrons. The van der Waals surface area contributed by atoms with Gasteiger partial charge in [-0.25, -0.2) is 0 Å². The maximum Gasteiger partial charge on any atom is 0.259 e. The second kappa shape index (κ2) is 5.13. The van der Waals surface area contributed by atoms with Crippen molar-refractivity contribution >= 4 is 23.2 Å². The first-order valence-corrected chi connectivity index (χ1v) is 6.36. The Hall–Kier alpha value is -2.69. The number of fused-ring (bicyclic) bond motifs is 1. The molecule has 1 aromatic carbocycles. The summed E-state index contributed by atoms with van der Waals surface area (Å²) in [7, 11) is 0. The number of aromatic nitrogens is 1. The van der Waals surface area contributed by atoms with Crippen LogP contribution in [0.5, 0.6) is 0 Å². The van der Waals surface area contributed by atoms with Gasteiger partial charge in [-0.2, -0.15) is 0 Å². The van der Waals surface area contributed by atoms with E-state index in [1.165, 1.54) is 6.20 Å². The molecule has 2 heterocycles. The van der Waals surface area contributed by atoms with Crippen molar-refractivity contribution in [3.63, 3.8) is 0 Å². The highest BCUT2D eigenvalue weighted by Gasteiger charge is 2.24. The number of nitrogens with zero attached hydrogens (tertiary/aromatic N) is 2. The van der Waals surface area contributed by atoms with Crippen molar-refractivity contribution in [2.45, 2.75) is 6.42 Å². The largest absolute Gasteiger partial charge is 0.324 e. The van der Waals surface area contributed by atoms with Crippen LogP contribution in [0.4, 0.5) is 11.4 Å².